The van der Waals surface area contributed by atoms with E-state index in [2.05, 4.69) is 23.9 Å². The zero-order valence-electron chi connectivity index (χ0n) is 12.4. The topological polar surface area (TPSA) is 58.2 Å². The lowest BCUT2D eigenvalue weighted by Crippen LogP contribution is -2.32. The minimum Gasteiger partial charge on any atom is -0.381 e. The van der Waals surface area contributed by atoms with Gasteiger partial charge in [0.25, 0.3) is 0 Å². The Balaban J connectivity index is 2.29. The number of benzene rings is 1. The summed E-state index contributed by atoms with van der Waals surface area (Å²) >= 11 is 0. The van der Waals surface area contributed by atoms with Gasteiger partial charge in [-0.1, -0.05) is 39.3 Å². The average Bonchev–Trinajstić information content (AvgIpc) is 2.69. The molecule has 0 aromatic heterocycles. The lowest BCUT2D eigenvalue weighted by atomic mass is 9.87. The number of hydrogen-bond acceptors (Lipinski definition) is 3. The van der Waals surface area contributed by atoms with Crippen LogP contribution in [-0.2, 0) is 10.0 Å². The van der Waals surface area contributed by atoms with Crippen LogP contribution in [0.4, 0.5) is 5.69 Å². The van der Waals surface area contributed by atoms with Crippen LogP contribution in [0.3, 0.4) is 0 Å². The van der Waals surface area contributed by atoms with E-state index >= 15 is 0 Å². The number of para-hydroxylation sites is 1. The minimum atomic E-state index is -3.43. The average molecular weight is 296 g/mol. The second-order valence-electron chi connectivity index (χ2n) is 6.08. The van der Waals surface area contributed by atoms with Gasteiger partial charge < -0.3 is 5.32 Å². The fraction of sp³-hybridized carbons (Fsp3) is 0.600. The molecule has 0 radical (unpaired) electrons. The van der Waals surface area contributed by atoms with Crippen molar-refractivity contribution in [2.24, 2.45) is 5.41 Å². The molecule has 1 aliphatic rings. The molecule has 0 aliphatic heterocycles. The molecule has 1 atom stereocenters. The quantitative estimate of drug-likeness (QED) is 0.878. The Hall–Kier alpha value is -1.07. The Bertz CT molecular complexity index is 567. The molecular weight excluding hydrogens is 272 g/mol. The van der Waals surface area contributed by atoms with E-state index in [0.29, 0.717) is 23.2 Å². The molecule has 1 aromatic rings. The van der Waals surface area contributed by atoms with Crippen LogP contribution in [0.5, 0.6) is 0 Å². The highest BCUT2D eigenvalue weighted by molar-refractivity contribution is 7.89. The third-order valence-corrected chi connectivity index (χ3v) is 5.70. The second kappa shape index (κ2) is 5.74. The van der Waals surface area contributed by atoms with E-state index in [1.54, 1.807) is 19.1 Å². The van der Waals surface area contributed by atoms with Crippen molar-refractivity contribution in [2.45, 2.75) is 51.0 Å². The predicted molar refractivity (Wildman–Crippen MR) is 82.3 cm³/mol. The molecule has 0 amide bonds. The van der Waals surface area contributed by atoms with Gasteiger partial charge in [-0.25, -0.2) is 13.1 Å². The SMILES string of the molecule is CCNS(=O)(=O)c1ccccc1NC1CCCC1(C)C. The standard InChI is InChI=1S/C15H24N2O2S/c1-4-16-20(18,19)13-9-6-5-8-12(13)17-14-10-7-11-15(14,2)3/h5-6,8-9,14,16-17H,4,7,10-11H2,1-3H3. The van der Waals surface area contributed by atoms with Gasteiger partial charge in [0.15, 0.2) is 0 Å². The van der Waals surface area contributed by atoms with Crippen LogP contribution in [0.1, 0.15) is 40.0 Å². The van der Waals surface area contributed by atoms with Crippen molar-refractivity contribution in [3.8, 4) is 0 Å². The van der Waals surface area contributed by atoms with Gasteiger partial charge in [0.05, 0.1) is 5.69 Å². The first-order chi connectivity index (χ1) is 9.37. The van der Waals surface area contributed by atoms with E-state index in [4.69, 9.17) is 0 Å². The Morgan fingerprint density at radius 3 is 2.60 bits per heavy atom. The molecular formula is C15H24N2O2S. The van der Waals surface area contributed by atoms with Crippen LogP contribution < -0.4 is 10.0 Å². The molecule has 1 saturated carbocycles. The van der Waals surface area contributed by atoms with Crippen LogP contribution in [0.15, 0.2) is 29.2 Å². The Morgan fingerprint density at radius 2 is 2.00 bits per heavy atom. The van der Waals surface area contributed by atoms with Crippen molar-refractivity contribution < 1.29 is 8.42 Å². The summed E-state index contributed by atoms with van der Waals surface area (Å²) in [6.07, 6.45) is 3.45. The third kappa shape index (κ3) is 3.15. The molecule has 1 fully saturated rings. The van der Waals surface area contributed by atoms with Gasteiger partial charge in [-0.3, -0.25) is 0 Å². The molecule has 0 saturated heterocycles. The largest absolute Gasteiger partial charge is 0.381 e. The summed E-state index contributed by atoms with van der Waals surface area (Å²) in [6.45, 7) is 6.65. The van der Waals surface area contributed by atoms with Crippen molar-refractivity contribution in [2.75, 3.05) is 11.9 Å². The van der Waals surface area contributed by atoms with Crippen molar-refractivity contribution in [1.29, 1.82) is 0 Å². The monoisotopic (exact) mass is 296 g/mol. The minimum absolute atomic E-state index is 0.203. The van der Waals surface area contributed by atoms with Gasteiger partial charge in [-0.15, -0.1) is 0 Å². The number of nitrogens with one attached hydrogen (secondary N) is 2. The van der Waals surface area contributed by atoms with Crippen LogP contribution in [-0.4, -0.2) is 21.0 Å². The molecule has 1 unspecified atom stereocenters. The molecule has 2 N–H and O–H groups in total. The summed E-state index contributed by atoms with van der Waals surface area (Å²) in [4.78, 5) is 0.338. The summed E-state index contributed by atoms with van der Waals surface area (Å²) < 4.78 is 27.0. The summed E-state index contributed by atoms with van der Waals surface area (Å²) in [6, 6.07) is 7.45. The fourth-order valence-electron chi connectivity index (χ4n) is 2.87. The Morgan fingerprint density at radius 1 is 1.30 bits per heavy atom. The molecule has 112 valence electrons. The third-order valence-electron chi connectivity index (χ3n) is 4.10. The number of anilines is 1. The molecule has 20 heavy (non-hydrogen) atoms. The van der Waals surface area contributed by atoms with E-state index in [-0.39, 0.29) is 5.41 Å². The van der Waals surface area contributed by atoms with Crippen LogP contribution in [0.2, 0.25) is 0 Å². The first-order valence-corrected chi connectivity index (χ1v) is 8.70. The lowest BCUT2D eigenvalue weighted by molar-refractivity contribution is 0.349. The maximum atomic E-state index is 12.2. The van der Waals surface area contributed by atoms with E-state index in [1.807, 2.05) is 12.1 Å². The van der Waals surface area contributed by atoms with Gasteiger partial charge >= 0.3 is 0 Å². The highest BCUT2D eigenvalue weighted by Crippen LogP contribution is 2.39. The normalized spacial score (nSPS) is 21.9. The first-order valence-electron chi connectivity index (χ1n) is 7.22. The lowest BCUT2D eigenvalue weighted by Gasteiger charge is -2.29. The molecule has 0 bridgehead atoms. The van der Waals surface area contributed by atoms with Crippen molar-refractivity contribution in [1.82, 2.24) is 4.72 Å². The molecule has 0 spiro atoms. The Kier molecular flexibility index (Phi) is 4.39. The van der Waals surface area contributed by atoms with Crippen molar-refractivity contribution >= 4 is 15.7 Å². The highest BCUT2D eigenvalue weighted by atomic mass is 32.2. The number of hydrogen-bond donors (Lipinski definition) is 2. The van der Waals surface area contributed by atoms with Gasteiger partial charge in [-0.05, 0) is 30.4 Å². The zero-order chi connectivity index (χ0) is 14.8. The smallest absolute Gasteiger partial charge is 0.242 e. The van der Waals surface area contributed by atoms with E-state index < -0.39 is 10.0 Å². The molecule has 5 heteroatoms. The molecule has 1 aromatic carbocycles. The van der Waals surface area contributed by atoms with Gasteiger partial charge in [0.2, 0.25) is 10.0 Å². The summed E-state index contributed by atoms with van der Waals surface area (Å²) in [5, 5.41) is 3.45. The van der Waals surface area contributed by atoms with Crippen LogP contribution >= 0.6 is 0 Å². The molecule has 4 nitrogen and oxygen atoms in total. The summed E-state index contributed by atoms with van der Waals surface area (Å²) in [5.41, 5.74) is 0.906. The van der Waals surface area contributed by atoms with E-state index in [1.165, 1.54) is 12.8 Å². The number of rotatable bonds is 5. The molecule has 2 rings (SSSR count). The van der Waals surface area contributed by atoms with Gasteiger partial charge in [-0.2, -0.15) is 0 Å². The fourth-order valence-corrected chi connectivity index (χ4v) is 4.08. The van der Waals surface area contributed by atoms with Crippen LogP contribution in [0, 0.1) is 5.41 Å². The van der Waals surface area contributed by atoms with Crippen molar-refractivity contribution in [3.05, 3.63) is 24.3 Å². The molecule has 1 aliphatic carbocycles. The summed E-state index contributed by atoms with van der Waals surface area (Å²) in [7, 11) is -3.43. The van der Waals surface area contributed by atoms with E-state index in [0.717, 1.165) is 6.42 Å². The molecule has 0 heterocycles. The Labute approximate surface area is 122 Å². The van der Waals surface area contributed by atoms with E-state index in [9.17, 15) is 8.42 Å². The summed E-state index contributed by atoms with van der Waals surface area (Å²) in [5.74, 6) is 0. The maximum Gasteiger partial charge on any atom is 0.242 e. The maximum absolute atomic E-state index is 12.2. The van der Waals surface area contributed by atoms with Crippen LogP contribution in [0.25, 0.3) is 0 Å². The highest BCUT2D eigenvalue weighted by Gasteiger charge is 2.35. The first kappa shape index (κ1) is 15.3. The predicted octanol–water partition coefficient (Wildman–Crippen LogP) is 2.98. The second-order valence-corrected chi connectivity index (χ2v) is 7.81. The van der Waals surface area contributed by atoms with Crippen molar-refractivity contribution in [3.63, 3.8) is 0 Å². The van der Waals surface area contributed by atoms with Gasteiger partial charge in [0, 0.05) is 12.6 Å². The van der Waals surface area contributed by atoms with Gasteiger partial charge in [0.1, 0.15) is 4.90 Å². The zero-order valence-corrected chi connectivity index (χ0v) is 13.3. The number of sulfonamides is 1.